The maximum atomic E-state index is 13.2. The standard InChI is InChI=1S/C29H30N6O3/c1-4-38-26-14-20(28(36)35-13-7-8-19(16-30)18-35)11-12-22(26)32-27-15-24-25(17-31-27)34(3)29(37)21-9-5-6-10-23(21)33(24)2/h5-6,9-12,14-15,17,19H,4,7-8,13,18H2,1-3H3,(H,31,32)/t19-/m1/s1. The highest BCUT2D eigenvalue weighted by Gasteiger charge is 2.28. The van der Waals surface area contributed by atoms with E-state index in [9.17, 15) is 14.9 Å². The van der Waals surface area contributed by atoms with E-state index in [-0.39, 0.29) is 17.7 Å². The number of piperidine rings is 1. The molecule has 3 heterocycles. The van der Waals surface area contributed by atoms with Gasteiger partial charge in [0.15, 0.2) is 0 Å². The van der Waals surface area contributed by atoms with Crippen molar-refractivity contribution in [1.82, 2.24) is 9.88 Å². The third kappa shape index (κ3) is 4.61. The fourth-order valence-corrected chi connectivity index (χ4v) is 5.02. The monoisotopic (exact) mass is 510 g/mol. The number of para-hydroxylation sites is 1. The first kappa shape index (κ1) is 25.1. The number of benzene rings is 2. The molecule has 5 rings (SSSR count). The summed E-state index contributed by atoms with van der Waals surface area (Å²) in [4.78, 5) is 36.1. The average molecular weight is 511 g/mol. The van der Waals surface area contributed by atoms with Gasteiger partial charge in [0.2, 0.25) is 0 Å². The highest BCUT2D eigenvalue weighted by atomic mass is 16.5. The van der Waals surface area contributed by atoms with E-state index in [1.54, 1.807) is 35.2 Å². The van der Waals surface area contributed by atoms with Gasteiger partial charge in [-0.1, -0.05) is 12.1 Å². The van der Waals surface area contributed by atoms with Crippen LogP contribution in [0.2, 0.25) is 0 Å². The number of amides is 2. The van der Waals surface area contributed by atoms with Crippen LogP contribution in [0.15, 0.2) is 54.7 Å². The van der Waals surface area contributed by atoms with Gasteiger partial charge >= 0.3 is 0 Å². The van der Waals surface area contributed by atoms with Crippen molar-refractivity contribution in [3.8, 4) is 11.8 Å². The lowest BCUT2D eigenvalue weighted by Crippen LogP contribution is -2.39. The van der Waals surface area contributed by atoms with Gasteiger partial charge in [-0.25, -0.2) is 4.98 Å². The number of nitrogens with zero attached hydrogens (tertiary/aromatic N) is 5. The van der Waals surface area contributed by atoms with Gasteiger partial charge in [-0.3, -0.25) is 9.59 Å². The average Bonchev–Trinajstić information content (AvgIpc) is 3.03. The van der Waals surface area contributed by atoms with Crippen LogP contribution < -0.4 is 19.9 Å². The van der Waals surface area contributed by atoms with Gasteiger partial charge in [0.25, 0.3) is 11.8 Å². The lowest BCUT2D eigenvalue weighted by molar-refractivity contribution is 0.0698. The number of ether oxygens (including phenoxy) is 1. The van der Waals surface area contributed by atoms with E-state index in [1.165, 1.54) is 0 Å². The number of aromatic nitrogens is 1. The fourth-order valence-electron chi connectivity index (χ4n) is 5.02. The Morgan fingerprint density at radius 2 is 1.95 bits per heavy atom. The molecule has 0 aliphatic carbocycles. The maximum absolute atomic E-state index is 13.2. The summed E-state index contributed by atoms with van der Waals surface area (Å²) < 4.78 is 5.88. The molecule has 0 unspecified atom stereocenters. The second-order valence-corrected chi connectivity index (χ2v) is 9.49. The highest BCUT2D eigenvalue weighted by molar-refractivity contribution is 6.13. The zero-order valence-corrected chi connectivity index (χ0v) is 21.8. The zero-order chi connectivity index (χ0) is 26.8. The van der Waals surface area contributed by atoms with Gasteiger partial charge in [0, 0.05) is 38.8 Å². The topological polar surface area (TPSA) is 102 Å². The molecule has 0 bridgehead atoms. The smallest absolute Gasteiger partial charge is 0.260 e. The number of likely N-dealkylation sites (tertiary alicyclic amines) is 1. The molecule has 38 heavy (non-hydrogen) atoms. The Morgan fingerprint density at radius 1 is 1.13 bits per heavy atom. The number of rotatable bonds is 5. The molecule has 2 amide bonds. The van der Waals surface area contributed by atoms with Crippen molar-refractivity contribution in [2.75, 3.05) is 48.9 Å². The van der Waals surface area contributed by atoms with Crippen LogP contribution >= 0.6 is 0 Å². The normalized spacial score (nSPS) is 16.7. The number of nitriles is 1. The number of carbonyl (C=O) groups is 2. The minimum atomic E-state index is -0.126. The van der Waals surface area contributed by atoms with Crippen molar-refractivity contribution in [1.29, 1.82) is 5.26 Å². The molecule has 1 saturated heterocycles. The molecule has 0 spiro atoms. The maximum Gasteiger partial charge on any atom is 0.260 e. The lowest BCUT2D eigenvalue weighted by Gasteiger charge is -2.29. The molecule has 2 aliphatic heterocycles. The summed E-state index contributed by atoms with van der Waals surface area (Å²) in [7, 11) is 3.67. The Kier molecular flexibility index (Phi) is 6.88. The van der Waals surface area contributed by atoms with Crippen LogP contribution in [0.3, 0.4) is 0 Å². The SMILES string of the molecule is CCOc1cc(C(=O)N2CCC[C@H](C#N)C2)ccc1Nc1cc2c(cn1)N(C)C(=O)c1ccccc1N2C. The molecule has 3 aromatic rings. The number of hydrogen-bond acceptors (Lipinski definition) is 7. The Labute approximate surface area is 222 Å². The molecule has 0 radical (unpaired) electrons. The molecular weight excluding hydrogens is 480 g/mol. The Balaban J connectivity index is 1.44. The summed E-state index contributed by atoms with van der Waals surface area (Å²) in [5.41, 5.74) is 4.15. The summed E-state index contributed by atoms with van der Waals surface area (Å²) >= 11 is 0. The summed E-state index contributed by atoms with van der Waals surface area (Å²) in [6.45, 7) is 3.41. The van der Waals surface area contributed by atoms with Crippen LogP contribution in [-0.4, -0.2) is 55.5 Å². The first-order valence-electron chi connectivity index (χ1n) is 12.7. The summed E-state index contributed by atoms with van der Waals surface area (Å²) in [6, 6.07) is 17.0. The predicted molar refractivity (Wildman–Crippen MR) is 147 cm³/mol. The van der Waals surface area contributed by atoms with Crippen molar-refractivity contribution < 1.29 is 14.3 Å². The third-order valence-electron chi connectivity index (χ3n) is 7.07. The molecule has 2 aliphatic rings. The number of nitrogens with one attached hydrogen (secondary N) is 1. The second kappa shape index (κ2) is 10.4. The van der Waals surface area contributed by atoms with E-state index in [0.29, 0.717) is 53.8 Å². The summed E-state index contributed by atoms with van der Waals surface area (Å²) in [6.07, 6.45) is 3.33. The summed E-state index contributed by atoms with van der Waals surface area (Å²) in [5.74, 6) is 0.786. The zero-order valence-electron chi connectivity index (χ0n) is 21.8. The van der Waals surface area contributed by atoms with Gasteiger partial charge in [0.05, 0.1) is 53.1 Å². The predicted octanol–water partition coefficient (Wildman–Crippen LogP) is 4.96. The number of pyridine rings is 1. The van der Waals surface area contributed by atoms with E-state index in [0.717, 1.165) is 24.2 Å². The molecule has 1 N–H and O–H groups in total. The van der Waals surface area contributed by atoms with Crippen LogP contribution in [-0.2, 0) is 0 Å². The highest BCUT2D eigenvalue weighted by Crippen LogP contribution is 2.40. The van der Waals surface area contributed by atoms with Gasteiger partial charge in [-0.15, -0.1) is 0 Å². The van der Waals surface area contributed by atoms with Crippen LogP contribution in [0.5, 0.6) is 5.75 Å². The second-order valence-electron chi connectivity index (χ2n) is 9.49. The van der Waals surface area contributed by atoms with E-state index in [4.69, 9.17) is 4.74 Å². The molecule has 194 valence electrons. The quantitative estimate of drug-likeness (QED) is 0.518. The van der Waals surface area contributed by atoms with Gasteiger partial charge in [-0.05, 0) is 50.1 Å². The lowest BCUT2D eigenvalue weighted by atomic mass is 9.99. The fraction of sp³-hybridized carbons (Fsp3) is 0.310. The molecule has 9 nitrogen and oxygen atoms in total. The molecule has 1 fully saturated rings. The molecule has 1 aromatic heterocycles. The Bertz CT molecular complexity index is 1430. The minimum Gasteiger partial charge on any atom is -0.492 e. The van der Waals surface area contributed by atoms with Crippen LogP contribution in [0.1, 0.15) is 40.5 Å². The minimum absolute atomic E-state index is 0.0950. The first-order chi connectivity index (χ1) is 18.4. The number of fused-ring (bicyclic) bond motifs is 2. The Hall–Kier alpha value is -4.58. The number of carbonyl (C=O) groups excluding carboxylic acids is 2. The molecule has 1 atom stereocenters. The van der Waals surface area contributed by atoms with E-state index >= 15 is 0 Å². The summed E-state index contributed by atoms with van der Waals surface area (Å²) in [5, 5.41) is 12.6. The van der Waals surface area contributed by atoms with Crippen molar-refractivity contribution >= 4 is 40.4 Å². The van der Waals surface area contributed by atoms with Crippen molar-refractivity contribution in [3.63, 3.8) is 0 Å². The van der Waals surface area contributed by atoms with E-state index < -0.39 is 0 Å². The molecular formula is C29H30N6O3. The number of anilines is 5. The van der Waals surface area contributed by atoms with Gasteiger partial charge in [0.1, 0.15) is 11.6 Å². The Morgan fingerprint density at radius 3 is 2.74 bits per heavy atom. The van der Waals surface area contributed by atoms with Crippen molar-refractivity contribution in [3.05, 3.63) is 65.9 Å². The van der Waals surface area contributed by atoms with Gasteiger partial charge < -0.3 is 24.8 Å². The molecule has 2 aromatic carbocycles. The van der Waals surface area contributed by atoms with Gasteiger partial charge in [-0.2, -0.15) is 5.26 Å². The van der Waals surface area contributed by atoms with E-state index in [2.05, 4.69) is 16.4 Å². The van der Waals surface area contributed by atoms with E-state index in [1.807, 2.05) is 55.3 Å². The van der Waals surface area contributed by atoms with Crippen LogP contribution in [0.25, 0.3) is 0 Å². The van der Waals surface area contributed by atoms with Crippen LogP contribution in [0, 0.1) is 17.2 Å². The third-order valence-corrected chi connectivity index (χ3v) is 7.07. The molecule has 0 saturated carbocycles. The van der Waals surface area contributed by atoms with Crippen LogP contribution in [0.4, 0.5) is 28.6 Å². The number of hydrogen-bond donors (Lipinski definition) is 1. The largest absolute Gasteiger partial charge is 0.492 e. The molecule has 9 heteroatoms. The van der Waals surface area contributed by atoms with Crippen molar-refractivity contribution in [2.24, 2.45) is 5.92 Å². The first-order valence-corrected chi connectivity index (χ1v) is 12.7. The van der Waals surface area contributed by atoms with Crippen molar-refractivity contribution in [2.45, 2.75) is 19.8 Å².